The van der Waals surface area contributed by atoms with Gasteiger partial charge in [0.15, 0.2) is 6.61 Å². The van der Waals surface area contributed by atoms with Crippen LogP contribution in [0.3, 0.4) is 0 Å². The number of rotatable bonds is 5. The number of hydrogen-bond acceptors (Lipinski definition) is 5. The van der Waals surface area contributed by atoms with Crippen LogP contribution in [0.25, 0.3) is 0 Å². The van der Waals surface area contributed by atoms with Crippen molar-refractivity contribution in [3.8, 4) is 11.5 Å². The van der Waals surface area contributed by atoms with Crippen molar-refractivity contribution >= 4 is 11.9 Å². The number of carbonyl (C=O) groups excluding carboxylic acids is 2. The van der Waals surface area contributed by atoms with Gasteiger partial charge in [-0.15, -0.1) is 0 Å². The van der Waals surface area contributed by atoms with Crippen LogP contribution >= 0.6 is 0 Å². The van der Waals surface area contributed by atoms with Gasteiger partial charge in [-0.3, -0.25) is 9.59 Å². The molecule has 0 aliphatic carbocycles. The van der Waals surface area contributed by atoms with E-state index >= 15 is 0 Å². The van der Waals surface area contributed by atoms with Crippen LogP contribution in [-0.4, -0.2) is 50.7 Å². The summed E-state index contributed by atoms with van der Waals surface area (Å²) in [5.41, 5.74) is 0. The van der Waals surface area contributed by atoms with Crippen molar-refractivity contribution < 1.29 is 23.8 Å². The Morgan fingerprint density at radius 2 is 1.68 bits per heavy atom. The Bertz CT molecular complexity index is 506. The molecule has 0 bridgehead atoms. The molecule has 1 heterocycles. The summed E-state index contributed by atoms with van der Waals surface area (Å²) in [7, 11) is 2.99. The first-order valence-corrected chi connectivity index (χ1v) is 7.26. The van der Waals surface area contributed by atoms with Crippen molar-refractivity contribution in [3.05, 3.63) is 24.3 Å². The maximum atomic E-state index is 12.1. The monoisotopic (exact) mass is 307 g/mol. The van der Waals surface area contributed by atoms with Crippen molar-refractivity contribution in [2.75, 3.05) is 33.9 Å². The molecule has 6 heteroatoms. The highest BCUT2D eigenvalue weighted by Gasteiger charge is 2.27. The standard InChI is InChI=1S/C16H21NO5/c1-20-13-3-5-14(6-4-13)22-11-15(18)17-9-7-12(8-10-17)16(19)21-2/h3-6,12H,7-11H2,1-2H3. The lowest BCUT2D eigenvalue weighted by molar-refractivity contribution is -0.149. The van der Waals surface area contributed by atoms with E-state index in [0.29, 0.717) is 31.7 Å². The van der Waals surface area contributed by atoms with Crippen molar-refractivity contribution in [3.63, 3.8) is 0 Å². The quantitative estimate of drug-likeness (QED) is 0.771. The zero-order valence-corrected chi connectivity index (χ0v) is 12.9. The van der Waals surface area contributed by atoms with Gasteiger partial charge in [0, 0.05) is 13.1 Å². The van der Waals surface area contributed by atoms with Gasteiger partial charge < -0.3 is 19.1 Å². The highest BCUT2D eigenvalue weighted by atomic mass is 16.5. The molecule has 0 unspecified atom stereocenters. The topological polar surface area (TPSA) is 65.1 Å². The van der Waals surface area contributed by atoms with Crippen LogP contribution in [0.1, 0.15) is 12.8 Å². The molecule has 1 saturated heterocycles. The van der Waals surface area contributed by atoms with Gasteiger partial charge in [-0.25, -0.2) is 0 Å². The Balaban J connectivity index is 1.77. The predicted octanol–water partition coefficient (Wildman–Crippen LogP) is 1.49. The first-order valence-electron chi connectivity index (χ1n) is 7.26. The van der Waals surface area contributed by atoms with Gasteiger partial charge in [-0.1, -0.05) is 0 Å². The van der Waals surface area contributed by atoms with Crippen molar-refractivity contribution in [2.45, 2.75) is 12.8 Å². The molecule has 0 spiro atoms. The summed E-state index contributed by atoms with van der Waals surface area (Å²) >= 11 is 0. The SMILES string of the molecule is COC(=O)C1CCN(C(=O)COc2ccc(OC)cc2)CC1. The fourth-order valence-corrected chi connectivity index (χ4v) is 2.44. The van der Waals surface area contributed by atoms with E-state index in [1.807, 2.05) is 0 Å². The maximum Gasteiger partial charge on any atom is 0.308 e. The number of amides is 1. The average molecular weight is 307 g/mol. The second kappa shape index (κ2) is 7.68. The van der Waals surface area contributed by atoms with Gasteiger partial charge in [-0.2, -0.15) is 0 Å². The first-order chi connectivity index (χ1) is 10.6. The van der Waals surface area contributed by atoms with E-state index in [-0.39, 0.29) is 24.4 Å². The molecule has 0 atom stereocenters. The molecule has 1 aliphatic rings. The molecule has 2 rings (SSSR count). The fourth-order valence-electron chi connectivity index (χ4n) is 2.44. The number of carbonyl (C=O) groups is 2. The number of nitrogens with zero attached hydrogens (tertiary/aromatic N) is 1. The normalized spacial score (nSPS) is 15.3. The summed E-state index contributed by atoms with van der Waals surface area (Å²) in [6, 6.07) is 7.08. The lowest BCUT2D eigenvalue weighted by Crippen LogP contribution is -2.42. The van der Waals surface area contributed by atoms with Crippen LogP contribution in [0, 0.1) is 5.92 Å². The fraction of sp³-hybridized carbons (Fsp3) is 0.500. The molecule has 120 valence electrons. The zero-order chi connectivity index (χ0) is 15.9. The Kier molecular flexibility index (Phi) is 5.63. The molecule has 22 heavy (non-hydrogen) atoms. The summed E-state index contributed by atoms with van der Waals surface area (Å²) in [5.74, 6) is 0.999. The molecule has 0 aromatic heterocycles. The third kappa shape index (κ3) is 4.13. The predicted molar refractivity (Wildman–Crippen MR) is 79.8 cm³/mol. The molecular formula is C16H21NO5. The summed E-state index contributed by atoms with van der Waals surface area (Å²) in [6.45, 7) is 1.12. The van der Waals surface area contributed by atoms with Gasteiger partial charge in [-0.05, 0) is 37.1 Å². The van der Waals surface area contributed by atoms with E-state index in [1.54, 1.807) is 36.3 Å². The van der Waals surface area contributed by atoms with Crippen LogP contribution in [0.4, 0.5) is 0 Å². The van der Waals surface area contributed by atoms with Crippen LogP contribution in [-0.2, 0) is 14.3 Å². The minimum absolute atomic E-state index is 0.00474. The van der Waals surface area contributed by atoms with E-state index in [9.17, 15) is 9.59 Å². The second-order valence-corrected chi connectivity index (χ2v) is 5.14. The van der Waals surface area contributed by atoms with Gasteiger partial charge in [0.25, 0.3) is 5.91 Å². The number of hydrogen-bond donors (Lipinski definition) is 0. The van der Waals surface area contributed by atoms with E-state index in [1.165, 1.54) is 7.11 Å². The van der Waals surface area contributed by atoms with Crippen LogP contribution in [0.15, 0.2) is 24.3 Å². The average Bonchev–Trinajstić information content (AvgIpc) is 2.59. The summed E-state index contributed by atoms with van der Waals surface area (Å²) in [4.78, 5) is 25.3. The third-order valence-corrected chi connectivity index (χ3v) is 3.80. The van der Waals surface area contributed by atoms with Gasteiger partial charge in [0.1, 0.15) is 11.5 Å². The summed E-state index contributed by atoms with van der Waals surface area (Å²) in [5, 5.41) is 0. The lowest BCUT2D eigenvalue weighted by atomic mass is 9.97. The van der Waals surface area contributed by atoms with E-state index in [4.69, 9.17) is 14.2 Å². The molecule has 1 aromatic rings. The molecule has 0 saturated carbocycles. The van der Waals surface area contributed by atoms with E-state index in [2.05, 4.69) is 0 Å². The molecule has 1 fully saturated rings. The summed E-state index contributed by atoms with van der Waals surface area (Å²) < 4.78 is 15.3. The van der Waals surface area contributed by atoms with E-state index in [0.717, 1.165) is 5.75 Å². The Morgan fingerprint density at radius 1 is 1.09 bits per heavy atom. The smallest absolute Gasteiger partial charge is 0.308 e. The number of ether oxygens (including phenoxy) is 3. The van der Waals surface area contributed by atoms with Gasteiger partial charge in [0.2, 0.25) is 0 Å². The van der Waals surface area contributed by atoms with Crippen LogP contribution in [0.2, 0.25) is 0 Å². The Labute approximate surface area is 129 Å². The third-order valence-electron chi connectivity index (χ3n) is 3.80. The molecular weight excluding hydrogens is 286 g/mol. The van der Waals surface area contributed by atoms with Crippen molar-refractivity contribution in [1.82, 2.24) is 4.90 Å². The Hall–Kier alpha value is -2.24. The molecule has 1 aromatic carbocycles. The number of piperidine rings is 1. The number of esters is 1. The van der Waals surface area contributed by atoms with Crippen LogP contribution in [0.5, 0.6) is 11.5 Å². The maximum absolute atomic E-state index is 12.1. The zero-order valence-electron chi connectivity index (χ0n) is 12.9. The lowest BCUT2D eigenvalue weighted by Gasteiger charge is -2.30. The van der Waals surface area contributed by atoms with E-state index < -0.39 is 0 Å². The van der Waals surface area contributed by atoms with Gasteiger partial charge in [0.05, 0.1) is 20.1 Å². The van der Waals surface area contributed by atoms with Crippen molar-refractivity contribution in [1.29, 1.82) is 0 Å². The molecule has 0 radical (unpaired) electrons. The second-order valence-electron chi connectivity index (χ2n) is 5.14. The number of benzene rings is 1. The van der Waals surface area contributed by atoms with Crippen molar-refractivity contribution in [2.24, 2.45) is 5.92 Å². The number of methoxy groups -OCH3 is 2. The van der Waals surface area contributed by atoms with Crippen LogP contribution < -0.4 is 9.47 Å². The molecule has 1 aliphatic heterocycles. The highest BCUT2D eigenvalue weighted by molar-refractivity contribution is 5.78. The number of likely N-dealkylation sites (tertiary alicyclic amines) is 1. The minimum atomic E-state index is -0.193. The minimum Gasteiger partial charge on any atom is -0.497 e. The highest BCUT2D eigenvalue weighted by Crippen LogP contribution is 2.20. The van der Waals surface area contributed by atoms with Gasteiger partial charge >= 0.3 is 5.97 Å². The first kappa shape index (κ1) is 16.1. The molecule has 6 nitrogen and oxygen atoms in total. The summed E-state index contributed by atoms with van der Waals surface area (Å²) in [6.07, 6.45) is 1.28. The Morgan fingerprint density at radius 3 is 2.23 bits per heavy atom. The molecule has 1 amide bonds. The molecule has 0 N–H and O–H groups in total. The largest absolute Gasteiger partial charge is 0.497 e.